The maximum absolute atomic E-state index is 12.0. The molecule has 5 heteroatoms. The average molecular weight is 274 g/mol. The van der Waals surface area contributed by atoms with Crippen LogP contribution < -0.4 is 10.9 Å². The molecule has 1 heterocycles. The first-order valence-electron chi connectivity index (χ1n) is 6.75. The lowest BCUT2D eigenvalue weighted by molar-refractivity contribution is 0.254. The molecule has 2 rings (SSSR count). The van der Waals surface area contributed by atoms with Crippen molar-refractivity contribution < 1.29 is 0 Å². The number of hydrogen-bond donors (Lipinski definition) is 2. The van der Waals surface area contributed by atoms with E-state index < -0.39 is 0 Å². The minimum Gasteiger partial charge on any atom is -0.355 e. The van der Waals surface area contributed by atoms with Gasteiger partial charge in [-0.05, 0) is 31.6 Å². The van der Waals surface area contributed by atoms with Gasteiger partial charge < -0.3 is 10.2 Å². The summed E-state index contributed by atoms with van der Waals surface area (Å²) in [6.45, 7) is 6.06. The third-order valence-corrected chi connectivity index (χ3v) is 3.09. The zero-order valence-electron chi connectivity index (χ0n) is 12.5. The second kappa shape index (κ2) is 5.63. The molecule has 1 aromatic carbocycles. The van der Waals surface area contributed by atoms with Crippen molar-refractivity contribution in [2.75, 3.05) is 32.5 Å². The highest BCUT2D eigenvalue weighted by atomic mass is 16.1. The van der Waals surface area contributed by atoms with E-state index in [-0.39, 0.29) is 11.0 Å². The van der Waals surface area contributed by atoms with Crippen LogP contribution in [0.15, 0.2) is 29.1 Å². The Morgan fingerprint density at radius 1 is 1.30 bits per heavy atom. The lowest BCUT2D eigenvalue weighted by Crippen LogP contribution is -2.35. The summed E-state index contributed by atoms with van der Waals surface area (Å²) in [7, 11) is 4.11. The molecule has 0 spiro atoms. The topological polar surface area (TPSA) is 61.0 Å². The summed E-state index contributed by atoms with van der Waals surface area (Å²) < 4.78 is 0. The van der Waals surface area contributed by atoms with Crippen molar-refractivity contribution in [1.82, 2.24) is 14.9 Å². The van der Waals surface area contributed by atoms with E-state index in [1.54, 1.807) is 6.07 Å². The van der Waals surface area contributed by atoms with Crippen molar-refractivity contribution in [3.05, 3.63) is 34.6 Å². The van der Waals surface area contributed by atoms with Crippen molar-refractivity contribution in [1.29, 1.82) is 0 Å². The zero-order valence-corrected chi connectivity index (χ0v) is 12.5. The van der Waals surface area contributed by atoms with Crippen molar-refractivity contribution in [3.8, 4) is 0 Å². The second-order valence-corrected chi connectivity index (χ2v) is 6.19. The predicted molar refractivity (Wildman–Crippen MR) is 83.2 cm³/mol. The van der Waals surface area contributed by atoms with Crippen molar-refractivity contribution in [3.63, 3.8) is 0 Å². The third-order valence-electron chi connectivity index (χ3n) is 3.09. The predicted octanol–water partition coefficient (Wildman–Crippen LogP) is 1.92. The van der Waals surface area contributed by atoms with Gasteiger partial charge in [0.15, 0.2) is 0 Å². The molecule has 0 radical (unpaired) electrons. The molecule has 0 saturated heterocycles. The fourth-order valence-electron chi connectivity index (χ4n) is 2.41. The van der Waals surface area contributed by atoms with E-state index in [9.17, 15) is 4.79 Å². The molecule has 2 N–H and O–H groups in total. The van der Waals surface area contributed by atoms with Crippen LogP contribution in [0.25, 0.3) is 10.9 Å². The number of nitrogens with one attached hydrogen (secondary N) is 2. The molecule has 0 atom stereocenters. The van der Waals surface area contributed by atoms with Crippen LogP contribution in [0.2, 0.25) is 0 Å². The van der Waals surface area contributed by atoms with Gasteiger partial charge in [0, 0.05) is 13.1 Å². The van der Waals surface area contributed by atoms with Gasteiger partial charge in [-0.3, -0.25) is 9.78 Å². The molecule has 0 aliphatic carbocycles. The number of fused-ring (bicyclic) bond motifs is 1. The summed E-state index contributed by atoms with van der Waals surface area (Å²) in [5.74, 6) is 0.528. The largest absolute Gasteiger partial charge is 0.355 e. The molecule has 0 saturated carbocycles. The summed E-state index contributed by atoms with van der Waals surface area (Å²) in [5.41, 5.74) is 0.695. The standard InChI is InChI=1S/C15H22N4O/c1-15(2,10-19(3)4)9-16-14-17-12-8-6-5-7-11(12)13(20)18-14/h5-8H,9-10H2,1-4H3,(H2,16,17,18,20). The lowest BCUT2D eigenvalue weighted by Gasteiger charge is -2.28. The molecule has 0 amide bonds. The van der Waals surface area contributed by atoms with Crippen LogP contribution in [-0.2, 0) is 0 Å². The molecular formula is C15H22N4O. The summed E-state index contributed by atoms with van der Waals surface area (Å²) in [6.07, 6.45) is 0. The van der Waals surface area contributed by atoms with Gasteiger partial charge in [-0.25, -0.2) is 4.98 Å². The second-order valence-electron chi connectivity index (χ2n) is 6.19. The monoisotopic (exact) mass is 274 g/mol. The number of para-hydroxylation sites is 1. The van der Waals surface area contributed by atoms with E-state index in [4.69, 9.17) is 0 Å². The molecule has 2 aromatic rings. The van der Waals surface area contributed by atoms with Crippen LogP contribution in [0, 0.1) is 5.41 Å². The molecule has 5 nitrogen and oxygen atoms in total. The summed E-state index contributed by atoms with van der Waals surface area (Å²) in [6, 6.07) is 7.35. The minimum absolute atomic E-state index is 0.0910. The van der Waals surface area contributed by atoms with Crippen LogP contribution in [0.4, 0.5) is 5.95 Å². The van der Waals surface area contributed by atoms with Gasteiger partial charge in [-0.1, -0.05) is 26.0 Å². The summed E-state index contributed by atoms with van der Waals surface area (Å²) in [4.78, 5) is 21.3. The molecule has 0 unspecified atom stereocenters. The Balaban J connectivity index is 2.16. The Morgan fingerprint density at radius 2 is 2.00 bits per heavy atom. The Morgan fingerprint density at radius 3 is 2.70 bits per heavy atom. The third kappa shape index (κ3) is 3.57. The van der Waals surface area contributed by atoms with Crippen LogP contribution in [-0.4, -0.2) is 42.1 Å². The van der Waals surface area contributed by atoms with Crippen LogP contribution >= 0.6 is 0 Å². The smallest absolute Gasteiger partial charge is 0.260 e. The van der Waals surface area contributed by atoms with Crippen LogP contribution in [0.5, 0.6) is 0 Å². The molecule has 108 valence electrons. The molecule has 20 heavy (non-hydrogen) atoms. The van der Waals surface area contributed by atoms with Gasteiger partial charge in [0.25, 0.3) is 5.56 Å². The molecule has 0 fully saturated rings. The Labute approximate surface area is 119 Å². The number of aromatic amines is 1. The van der Waals surface area contributed by atoms with Gasteiger partial charge in [0.2, 0.25) is 5.95 Å². The van der Waals surface area contributed by atoms with E-state index in [1.807, 2.05) is 18.2 Å². The van der Waals surface area contributed by atoms with Crippen LogP contribution in [0.1, 0.15) is 13.8 Å². The van der Waals surface area contributed by atoms with E-state index >= 15 is 0 Å². The van der Waals surface area contributed by atoms with Crippen molar-refractivity contribution >= 4 is 16.9 Å². The first kappa shape index (κ1) is 14.5. The molecule has 1 aromatic heterocycles. The SMILES string of the molecule is CN(C)CC(C)(C)CNc1nc2ccccc2c(=O)[nH]1. The molecular weight excluding hydrogens is 252 g/mol. The van der Waals surface area contributed by atoms with Crippen LogP contribution in [0.3, 0.4) is 0 Å². The van der Waals surface area contributed by atoms with Crippen molar-refractivity contribution in [2.45, 2.75) is 13.8 Å². The fourth-order valence-corrected chi connectivity index (χ4v) is 2.41. The number of hydrogen-bond acceptors (Lipinski definition) is 4. The Bertz CT molecular complexity index is 646. The summed E-state index contributed by atoms with van der Waals surface area (Å²) in [5, 5.41) is 3.85. The number of nitrogens with zero attached hydrogens (tertiary/aromatic N) is 2. The van der Waals surface area contributed by atoms with Gasteiger partial charge >= 0.3 is 0 Å². The highest BCUT2D eigenvalue weighted by molar-refractivity contribution is 5.78. The highest BCUT2D eigenvalue weighted by Gasteiger charge is 2.19. The normalized spacial score (nSPS) is 12.1. The molecule has 0 aliphatic heterocycles. The summed E-state index contributed by atoms with van der Waals surface area (Å²) >= 11 is 0. The molecule has 0 bridgehead atoms. The fraction of sp³-hybridized carbons (Fsp3) is 0.467. The van der Waals surface area contributed by atoms with E-state index in [0.29, 0.717) is 16.9 Å². The number of rotatable bonds is 5. The first-order chi connectivity index (χ1) is 9.37. The molecule has 0 aliphatic rings. The van der Waals surface area contributed by atoms with Gasteiger partial charge in [-0.15, -0.1) is 0 Å². The van der Waals surface area contributed by atoms with Gasteiger partial charge in [0.1, 0.15) is 0 Å². The Kier molecular flexibility index (Phi) is 4.09. The first-order valence-corrected chi connectivity index (χ1v) is 6.75. The van der Waals surface area contributed by atoms with E-state index in [2.05, 4.69) is 48.1 Å². The van der Waals surface area contributed by atoms with E-state index in [1.165, 1.54) is 0 Å². The average Bonchev–Trinajstić information content (AvgIpc) is 2.35. The van der Waals surface area contributed by atoms with Gasteiger partial charge in [0.05, 0.1) is 10.9 Å². The van der Waals surface area contributed by atoms with Gasteiger partial charge in [-0.2, -0.15) is 0 Å². The van der Waals surface area contributed by atoms with Crippen molar-refractivity contribution in [2.24, 2.45) is 5.41 Å². The highest BCUT2D eigenvalue weighted by Crippen LogP contribution is 2.16. The Hall–Kier alpha value is -1.88. The minimum atomic E-state index is -0.108. The maximum atomic E-state index is 12.0. The maximum Gasteiger partial charge on any atom is 0.260 e. The zero-order chi connectivity index (χ0) is 14.8. The number of benzene rings is 1. The number of aromatic nitrogens is 2. The lowest BCUT2D eigenvalue weighted by atomic mass is 9.93. The number of H-pyrrole nitrogens is 1. The quantitative estimate of drug-likeness (QED) is 0.874. The number of anilines is 1. The van der Waals surface area contributed by atoms with E-state index in [0.717, 1.165) is 13.1 Å².